The van der Waals surface area contributed by atoms with Crippen LogP contribution in [0.1, 0.15) is 48.1 Å². The Morgan fingerprint density at radius 1 is 1.10 bits per heavy atom. The summed E-state index contributed by atoms with van der Waals surface area (Å²) >= 11 is 0. The van der Waals surface area contributed by atoms with Gasteiger partial charge in [0.15, 0.2) is 0 Å². The fourth-order valence-corrected chi connectivity index (χ4v) is 2.68. The minimum atomic E-state index is -0.185. The molecule has 0 aromatic heterocycles. The van der Waals surface area contributed by atoms with Gasteiger partial charge in [0.05, 0.1) is 6.04 Å². The molecule has 0 heterocycles. The van der Waals surface area contributed by atoms with E-state index in [2.05, 4.69) is 36.5 Å². The zero-order chi connectivity index (χ0) is 15.2. The van der Waals surface area contributed by atoms with E-state index in [0.717, 1.165) is 17.5 Å². The summed E-state index contributed by atoms with van der Waals surface area (Å²) in [6.07, 6.45) is 3.56. The van der Waals surface area contributed by atoms with Crippen molar-refractivity contribution in [3.8, 4) is 0 Å². The molecule has 0 aliphatic rings. The number of hydrogen-bond acceptors (Lipinski definition) is 1. The zero-order valence-corrected chi connectivity index (χ0v) is 13.1. The summed E-state index contributed by atoms with van der Waals surface area (Å²) in [5, 5.41) is 3.30. The molecular weight excluding hydrogens is 261 g/mol. The van der Waals surface area contributed by atoms with Crippen LogP contribution in [0.5, 0.6) is 0 Å². The van der Waals surface area contributed by atoms with Crippen molar-refractivity contribution in [2.75, 3.05) is 7.05 Å². The van der Waals surface area contributed by atoms with Crippen LogP contribution in [0.3, 0.4) is 0 Å². The smallest absolute Gasteiger partial charge is 0.123 e. The molecular formula is C19H24FN. The van der Waals surface area contributed by atoms with E-state index in [0.29, 0.717) is 0 Å². The molecule has 112 valence electrons. The normalized spacial score (nSPS) is 12.4. The number of unbranched alkanes of at least 4 members (excludes halogenated alkanes) is 1. The molecule has 2 rings (SSSR count). The van der Waals surface area contributed by atoms with Gasteiger partial charge in [-0.2, -0.15) is 0 Å². The van der Waals surface area contributed by atoms with Gasteiger partial charge in [-0.1, -0.05) is 43.7 Å². The topological polar surface area (TPSA) is 12.0 Å². The van der Waals surface area contributed by atoms with Crippen molar-refractivity contribution in [2.45, 2.75) is 39.2 Å². The highest BCUT2D eigenvalue weighted by Crippen LogP contribution is 2.26. The first-order valence-electron chi connectivity index (χ1n) is 7.68. The number of hydrogen-bond donors (Lipinski definition) is 1. The molecule has 0 amide bonds. The van der Waals surface area contributed by atoms with E-state index in [1.165, 1.54) is 30.0 Å². The lowest BCUT2D eigenvalue weighted by Gasteiger charge is -2.20. The van der Waals surface area contributed by atoms with Crippen LogP contribution in [0.2, 0.25) is 0 Å². The Hall–Kier alpha value is -1.67. The second-order valence-electron chi connectivity index (χ2n) is 5.57. The molecule has 0 bridgehead atoms. The highest BCUT2D eigenvalue weighted by Gasteiger charge is 2.14. The lowest BCUT2D eigenvalue weighted by atomic mass is 9.94. The Bertz CT molecular complexity index is 575. The molecule has 0 aliphatic heterocycles. The SMILES string of the molecule is CCCCc1ccc(C(NC)c2cc(F)ccc2C)cc1. The van der Waals surface area contributed by atoms with Gasteiger partial charge < -0.3 is 5.32 Å². The van der Waals surface area contributed by atoms with Gasteiger partial charge in [-0.05, 0) is 61.2 Å². The highest BCUT2D eigenvalue weighted by atomic mass is 19.1. The molecule has 1 unspecified atom stereocenters. The van der Waals surface area contributed by atoms with Crippen molar-refractivity contribution in [1.82, 2.24) is 5.32 Å². The van der Waals surface area contributed by atoms with Gasteiger partial charge in [0.25, 0.3) is 0 Å². The average molecular weight is 285 g/mol. The Morgan fingerprint density at radius 2 is 1.81 bits per heavy atom. The first kappa shape index (κ1) is 15.7. The Labute approximate surface area is 127 Å². The van der Waals surface area contributed by atoms with Gasteiger partial charge in [0, 0.05) is 0 Å². The maximum Gasteiger partial charge on any atom is 0.123 e. The maximum absolute atomic E-state index is 13.5. The predicted octanol–water partition coefficient (Wildman–Crippen LogP) is 4.79. The van der Waals surface area contributed by atoms with Crippen molar-refractivity contribution in [1.29, 1.82) is 0 Å². The van der Waals surface area contributed by atoms with Gasteiger partial charge in [-0.3, -0.25) is 0 Å². The predicted molar refractivity (Wildman–Crippen MR) is 87.1 cm³/mol. The molecule has 2 heteroatoms. The second-order valence-corrected chi connectivity index (χ2v) is 5.57. The van der Waals surface area contributed by atoms with Crippen LogP contribution in [-0.2, 0) is 6.42 Å². The molecule has 21 heavy (non-hydrogen) atoms. The van der Waals surface area contributed by atoms with Gasteiger partial charge in [-0.15, -0.1) is 0 Å². The molecule has 1 nitrogen and oxygen atoms in total. The lowest BCUT2D eigenvalue weighted by Crippen LogP contribution is -2.19. The number of nitrogens with one attached hydrogen (secondary N) is 1. The first-order chi connectivity index (χ1) is 10.2. The fraction of sp³-hybridized carbons (Fsp3) is 0.368. The number of aryl methyl sites for hydroxylation is 2. The molecule has 2 aromatic rings. The highest BCUT2D eigenvalue weighted by molar-refractivity contribution is 5.38. The van der Waals surface area contributed by atoms with Crippen LogP contribution in [0, 0.1) is 12.7 Å². The third-order valence-electron chi connectivity index (χ3n) is 3.97. The molecule has 1 N–H and O–H groups in total. The summed E-state index contributed by atoms with van der Waals surface area (Å²) in [5.74, 6) is -0.185. The Morgan fingerprint density at radius 3 is 2.43 bits per heavy atom. The molecule has 1 atom stereocenters. The van der Waals surface area contributed by atoms with Crippen LogP contribution < -0.4 is 5.32 Å². The van der Waals surface area contributed by atoms with E-state index in [4.69, 9.17) is 0 Å². The standard InChI is InChI=1S/C19H24FN/c1-4-5-6-15-8-10-16(11-9-15)19(21-3)18-13-17(20)12-7-14(18)2/h7-13,19,21H,4-6H2,1-3H3. The molecule has 0 radical (unpaired) electrons. The first-order valence-corrected chi connectivity index (χ1v) is 7.68. The monoisotopic (exact) mass is 285 g/mol. The molecule has 0 aliphatic carbocycles. The van der Waals surface area contributed by atoms with Crippen LogP contribution in [0.25, 0.3) is 0 Å². The molecule has 0 saturated carbocycles. The van der Waals surface area contributed by atoms with Crippen molar-refractivity contribution in [2.24, 2.45) is 0 Å². The average Bonchev–Trinajstić information content (AvgIpc) is 2.50. The van der Waals surface area contributed by atoms with Gasteiger partial charge >= 0.3 is 0 Å². The zero-order valence-electron chi connectivity index (χ0n) is 13.1. The van der Waals surface area contributed by atoms with Gasteiger partial charge in [0.1, 0.15) is 5.82 Å². The summed E-state index contributed by atoms with van der Waals surface area (Å²) in [7, 11) is 1.92. The molecule has 2 aromatic carbocycles. The lowest BCUT2D eigenvalue weighted by molar-refractivity contribution is 0.615. The summed E-state index contributed by atoms with van der Waals surface area (Å²) < 4.78 is 13.5. The molecule has 0 saturated heterocycles. The summed E-state index contributed by atoms with van der Waals surface area (Å²) in [6.45, 7) is 4.23. The number of halogens is 1. The minimum Gasteiger partial charge on any atom is -0.309 e. The van der Waals surface area contributed by atoms with Crippen molar-refractivity contribution in [3.05, 3.63) is 70.5 Å². The van der Waals surface area contributed by atoms with E-state index < -0.39 is 0 Å². The minimum absolute atomic E-state index is 0.0286. The van der Waals surface area contributed by atoms with Crippen LogP contribution in [-0.4, -0.2) is 7.05 Å². The van der Waals surface area contributed by atoms with E-state index in [9.17, 15) is 4.39 Å². The summed E-state index contributed by atoms with van der Waals surface area (Å²) in [6, 6.07) is 13.7. The largest absolute Gasteiger partial charge is 0.309 e. The van der Waals surface area contributed by atoms with Crippen molar-refractivity contribution in [3.63, 3.8) is 0 Å². The van der Waals surface area contributed by atoms with E-state index in [-0.39, 0.29) is 11.9 Å². The van der Waals surface area contributed by atoms with E-state index in [1.54, 1.807) is 6.07 Å². The number of benzene rings is 2. The maximum atomic E-state index is 13.5. The summed E-state index contributed by atoms with van der Waals surface area (Å²) in [5.41, 5.74) is 4.64. The Balaban J connectivity index is 2.26. The quantitative estimate of drug-likeness (QED) is 0.805. The van der Waals surface area contributed by atoms with Crippen LogP contribution >= 0.6 is 0 Å². The van der Waals surface area contributed by atoms with Crippen LogP contribution in [0.15, 0.2) is 42.5 Å². The van der Waals surface area contributed by atoms with E-state index >= 15 is 0 Å². The summed E-state index contributed by atoms with van der Waals surface area (Å²) in [4.78, 5) is 0. The van der Waals surface area contributed by atoms with Gasteiger partial charge in [0.2, 0.25) is 0 Å². The van der Waals surface area contributed by atoms with Crippen molar-refractivity contribution >= 4 is 0 Å². The third-order valence-corrected chi connectivity index (χ3v) is 3.97. The fourth-order valence-electron chi connectivity index (χ4n) is 2.68. The second kappa shape index (κ2) is 7.37. The van der Waals surface area contributed by atoms with Crippen molar-refractivity contribution < 1.29 is 4.39 Å². The number of rotatable bonds is 6. The van der Waals surface area contributed by atoms with Crippen LogP contribution in [0.4, 0.5) is 4.39 Å². The van der Waals surface area contributed by atoms with Gasteiger partial charge in [-0.25, -0.2) is 4.39 Å². The molecule has 0 spiro atoms. The van der Waals surface area contributed by atoms with E-state index in [1.807, 2.05) is 20.0 Å². The Kier molecular flexibility index (Phi) is 5.51. The third kappa shape index (κ3) is 3.92. The molecule has 0 fully saturated rings.